The fourth-order valence-corrected chi connectivity index (χ4v) is 4.05. The average Bonchev–Trinajstić information content (AvgIpc) is 3.00. The highest BCUT2D eigenvalue weighted by atomic mass is 32.1. The predicted molar refractivity (Wildman–Crippen MR) is 94.7 cm³/mol. The van der Waals surface area contributed by atoms with Crippen molar-refractivity contribution in [3.63, 3.8) is 0 Å². The minimum Gasteiger partial charge on any atom is -0.369 e. The second kappa shape index (κ2) is 6.39. The van der Waals surface area contributed by atoms with Crippen molar-refractivity contribution in [3.8, 4) is 0 Å². The molecule has 6 nitrogen and oxygen atoms in total. The van der Waals surface area contributed by atoms with Gasteiger partial charge < -0.3 is 10.6 Å². The summed E-state index contributed by atoms with van der Waals surface area (Å²) < 4.78 is 2.00. The van der Waals surface area contributed by atoms with Gasteiger partial charge in [-0.05, 0) is 39.7 Å². The SMILES string of the molecule is Cc1cn2c(/C=C\C(=O)N3C[C@H](C(N)=O)CC[C@H]3C)c(C)nc2s1. The molecule has 1 aliphatic rings. The Morgan fingerprint density at radius 1 is 1.38 bits per heavy atom. The second-order valence-corrected chi connectivity index (χ2v) is 7.64. The van der Waals surface area contributed by atoms with Crippen LogP contribution in [0, 0.1) is 19.8 Å². The molecule has 2 atom stereocenters. The first-order valence-electron chi connectivity index (χ1n) is 8.10. The van der Waals surface area contributed by atoms with Gasteiger partial charge in [-0.25, -0.2) is 4.98 Å². The van der Waals surface area contributed by atoms with E-state index in [0.29, 0.717) is 6.54 Å². The van der Waals surface area contributed by atoms with E-state index >= 15 is 0 Å². The molecule has 0 unspecified atom stereocenters. The highest BCUT2D eigenvalue weighted by Crippen LogP contribution is 2.24. The van der Waals surface area contributed by atoms with Crippen LogP contribution in [0.4, 0.5) is 0 Å². The summed E-state index contributed by atoms with van der Waals surface area (Å²) in [6, 6.07) is 0.118. The summed E-state index contributed by atoms with van der Waals surface area (Å²) in [7, 11) is 0. The maximum atomic E-state index is 12.6. The largest absolute Gasteiger partial charge is 0.369 e. The maximum Gasteiger partial charge on any atom is 0.246 e. The molecule has 0 spiro atoms. The van der Waals surface area contributed by atoms with Gasteiger partial charge in [0.2, 0.25) is 11.8 Å². The van der Waals surface area contributed by atoms with E-state index < -0.39 is 0 Å². The van der Waals surface area contributed by atoms with Crippen molar-refractivity contribution >= 4 is 34.2 Å². The topological polar surface area (TPSA) is 80.7 Å². The fraction of sp³-hybridized carbons (Fsp3) is 0.471. The molecule has 2 amide bonds. The number of amides is 2. The zero-order valence-corrected chi connectivity index (χ0v) is 15.0. The number of primary amides is 1. The van der Waals surface area contributed by atoms with Crippen molar-refractivity contribution in [2.75, 3.05) is 6.54 Å². The molecule has 1 aliphatic heterocycles. The fourth-order valence-electron chi connectivity index (χ4n) is 3.17. The lowest BCUT2D eigenvalue weighted by Crippen LogP contribution is -2.48. The van der Waals surface area contributed by atoms with Gasteiger partial charge >= 0.3 is 0 Å². The summed E-state index contributed by atoms with van der Waals surface area (Å²) in [6.07, 6.45) is 6.96. The molecule has 3 rings (SSSR count). The van der Waals surface area contributed by atoms with Gasteiger partial charge in [0, 0.05) is 29.7 Å². The molecule has 0 radical (unpaired) electrons. The molecule has 7 heteroatoms. The van der Waals surface area contributed by atoms with E-state index in [2.05, 4.69) is 4.98 Å². The van der Waals surface area contributed by atoms with Crippen LogP contribution in [0.1, 0.15) is 36.0 Å². The molecule has 1 fully saturated rings. The summed E-state index contributed by atoms with van der Waals surface area (Å²) in [5.41, 5.74) is 7.22. The molecular weight excluding hydrogens is 324 g/mol. The van der Waals surface area contributed by atoms with E-state index in [0.717, 1.165) is 29.2 Å². The van der Waals surface area contributed by atoms with Crippen LogP contribution in [0.3, 0.4) is 0 Å². The number of thiazole rings is 1. The van der Waals surface area contributed by atoms with Crippen molar-refractivity contribution in [3.05, 3.63) is 28.5 Å². The monoisotopic (exact) mass is 346 g/mol. The number of imidazole rings is 1. The smallest absolute Gasteiger partial charge is 0.246 e. The Bertz CT molecular complexity index is 820. The first kappa shape index (κ1) is 16.7. The highest BCUT2D eigenvalue weighted by Gasteiger charge is 2.30. The summed E-state index contributed by atoms with van der Waals surface area (Å²) in [6.45, 7) is 6.38. The second-order valence-electron chi connectivity index (χ2n) is 6.43. The van der Waals surface area contributed by atoms with E-state index in [4.69, 9.17) is 5.73 Å². The molecule has 0 aromatic carbocycles. The third-order valence-corrected chi connectivity index (χ3v) is 5.51. The number of fused-ring (bicyclic) bond motifs is 1. The minimum atomic E-state index is -0.328. The summed E-state index contributed by atoms with van der Waals surface area (Å²) in [5.74, 6) is -0.665. The Kier molecular flexibility index (Phi) is 4.45. The summed E-state index contributed by atoms with van der Waals surface area (Å²) in [4.78, 5) is 32.4. The quantitative estimate of drug-likeness (QED) is 0.865. The van der Waals surface area contributed by atoms with Crippen LogP contribution in [-0.2, 0) is 9.59 Å². The number of nitrogens with zero attached hydrogens (tertiary/aromatic N) is 3. The molecule has 0 aliphatic carbocycles. The zero-order valence-electron chi connectivity index (χ0n) is 14.2. The van der Waals surface area contributed by atoms with Crippen LogP contribution in [0.5, 0.6) is 0 Å². The molecule has 24 heavy (non-hydrogen) atoms. The summed E-state index contributed by atoms with van der Waals surface area (Å²) >= 11 is 1.62. The molecule has 0 saturated carbocycles. The number of aryl methyl sites for hydroxylation is 2. The number of carbonyl (C=O) groups is 2. The third kappa shape index (κ3) is 3.08. The van der Waals surface area contributed by atoms with E-state index in [1.54, 1.807) is 22.3 Å². The van der Waals surface area contributed by atoms with Gasteiger partial charge in [-0.3, -0.25) is 14.0 Å². The summed E-state index contributed by atoms with van der Waals surface area (Å²) in [5, 5.41) is 0. The van der Waals surface area contributed by atoms with E-state index in [-0.39, 0.29) is 23.8 Å². The lowest BCUT2D eigenvalue weighted by molar-refractivity contribution is -0.133. The van der Waals surface area contributed by atoms with Crippen LogP contribution in [0.2, 0.25) is 0 Å². The van der Waals surface area contributed by atoms with E-state index in [9.17, 15) is 9.59 Å². The number of rotatable bonds is 3. The van der Waals surface area contributed by atoms with Crippen LogP contribution >= 0.6 is 11.3 Å². The molecular formula is C17H22N4O2S. The molecule has 0 bridgehead atoms. The van der Waals surface area contributed by atoms with Crippen molar-refractivity contribution in [1.82, 2.24) is 14.3 Å². The van der Waals surface area contributed by atoms with E-state index in [1.165, 1.54) is 4.88 Å². The molecule has 2 N–H and O–H groups in total. The van der Waals surface area contributed by atoms with Crippen molar-refractivity contribution in [2.24, 2.45) is 11.7 Å². The van der Waals surface area contributed by atoms with Crippen LogP contribution < -0.4 is 5.73 Å². The van der Waals surface area contributed by atoms with Crippen LogP contribution in [-0.4, -0.2) is 38.7 Å². The molecule has 128 valence electrons. The lowest BCUT2D eigenvalue weighted by Gasteiger charge is -2.36. The highest BCUT2D eigenvalue weighted by molar-refractivity contribution is 7.17. The van der Waals surface area contributed by atoms with Gasteiger partial charge in [-0.15, -0.1) is 11.3 Å². The predicted octanol–water partition coefficient (Wildman–Crippen LogP) is 2.14. The first-order chi connectivity index (χ1) is 11.4. The number of likely N-dealkylation sites (tertiary alicyclic amines) is 1. The number of piperidine rings is 1. The molecule has 2 aromatic heterocycles. The normalized spacial score (nSPS) is 21.7. The third-order valence-electron chi connectivity index (χ3n) is 4.61. The van der Waals surface area contributed by atoms with Gasteiger partial charge in [0.05, 0.1) is 17.3 Å². The Balaban J connectivity index is 1.81. The number of aromatic nitrogens is 2. The number of nitrogens with two attached hydrogens (primary N) is 1. The standard InChI is InChI=1S/C17H22N4O2S/c1-10-4-5-13(16(18)23)9-20(10)15(22)7-6-14-12(3)19-17-21(14)8-11(2)24-17/h6-8,10,13H,4-5,9H2,1-3H3,(H2,18,23)/b7-6-/t10-,13-/m1/s1. The van der Waals surface area contributed by atoms with Gasteiger partial charge in [0.1, 0.15) is 0 Å². The van der Waals surface area contributed by atoms with Gasteiger partial charge in [-0.1, -0.05) is 0 Å². The Labute approximate surface area is 145 Å². The van der Waals surface area contributed by atoms with Crippen molar-refractivity contribution in [1.29, 1.82) is 0 Å². The number of hydrogen-bond acceptors (Lipinski definition) is 4. The number of carbonyl (C=O) groups excluding carboxylic acids is 2. The van der Waals surface area contributed by atoms with Gasteiger partial charge in [0.25, 0.3) is 0 Å². The molecule has 1 saturated heterocycles. The molecule has 3 heterocycles. The Morgan fingerprint density at radius 3 is 2.83 bits per heavy atom. The lowest BCUT2D eigenvalue weighted by atomic mass is 9.93. The Morgan fingerprint density at radius 2 is 2.12 bits per heavy atom. The van der Waals surface area contributed by atoms with Crippen molar-refractivity contribution < 1.29 is 9.59 Å². The molecule has 2 aromatic rings. The van der Waals surface area contributed by atoms with Crippen LogP contribution in [0.25, 0.3) is 11.0 Å². The van der Waals surface area contributed by atoms with E-state index in [1.807, 2.05) is 37.4 Å². The first-order valence-corrected chi connectivity index (χ1v) is 8.91. The van der Waals surface area contributed by atoms with Crippen molar-refractivity contribution in [2.45, 2.75) is 39.7 Å². The minimum absolute atomic E-state index is 0.0882. The maximum absolute atomic E-state index is 12.6. The average molecular weight is 346 g/mol. The van der Waals surface area contributed by atoms with Gasteiger partial charge in [0.15, 0.2) is 4.96 Å². The number of hydrogen-bond donors (Lipinski definition) is 1. The van der Waals surface area contributed by atoms with Crippen LogP contribution in [0.15, 0.2) is 12.3 Å². The zero-order chi connectivity index (χ0) is 17.4. The Hall–Kier alpha value is -2.15. The van der Waals surface area contributed by atoms with Gasteiger partial charge in [-0.2, -0.15) is 0 Å².